The lowest BCUT2D eigenvalue weighted by Gasteiger charge is -2.36. The van der Waals surface area contributed by atoms with Gasteiger partial charge in [-0.3, -0.25) is 14.4 Å². The Hall–Kier alpha value is -2.62. The number of nitrogens with zero attached hydrogens (tertiary/aromatic N) is 4. The van der Waals surface area contributed by atoms with Crippen LogP contribution in [0.25, 0.3) is 0 Å². The summed E-state index contributed by atoms with van der Waals surface area (Å²) in [6.45, 7) is 4.01. The zero-order valence-corrected chi connectivity index (χ0v) is 15.1. The van der Waals surface area contributed by atoms with E-state index in [0.717, 1.165) is 48.8 Å². The van der Waals surface area contributed by atoms with E-state index in [4.69, 9.17) is 0 Å². The third-order valence-corrected chi connectivity index (χ3v) is 4.55. The molecule has 1 aliphatic heterocycles. The molecule has 2 heterocycles. The second kappa shape index (κ2) is 8.59. The number of piperazine rings is 1. The monoisotopic (exact) mass is 399 g/mol. The summed E-state index contributed by atoms with van der Waals surface area (Å²) in [4.78, 5) is 16.2. The van der Waals surface area contributed by atoms with E-state index in [1.807, 2.05) is 0 Å². The van der Waals surface area contributed by atoms with E-state index in [-0.39, 0.29) is 18.3 Å². The topological polar surface area (TPSA) is 53.4 Å². The van der Waals surface area contributed by atoms with Crippen molar-refractivity contribution in [3.05, 3.63) is 48.0 Å². The number of carbonyl (C=O) groups is 1. The van der Waals surface area contributed by atoms with E-state index in [1.165, 1.54) is 12.1 Å². The van der Waals surface area contributed by atoms with Crippen LogP contribution < -0.4 is 10.2 Å². The van der Waals surface area contributed by atoms with Gasteiger partial charge in [-0.25, -0.2) is 4.39 Å². The summed E-state index contributed by atoms with van der Waals surface area (Å²) in [5.41, 5.74) is -0.0360. The van der Waals surface area contributed by atoms with Crippen LogP contribution in [0.15, 0.2) is 36.5 Å². The van der Waals surface area contributed by atoms with Crippen molar-refractivity contribution in [2.75, 3.05) is 44.2 Å². The van der Waals surface area contributed by atoms with Crippen LogP contribution in [0, 0.1) is 5.82 Å². The molecule has 3 rings (SSSR count). The predicted molar refractivity (Wildman–Crippen MR) is 95.3 cm³/mol. The molecule has 0 radical (unpaired) electrons. The lowest BCUT2D eigenvalue weighted by molar-refractivity contribution is -0.141. The molecule has 1 fully saturated rings. The Morgan fingerprint density at radius 1 is 1.07 bits per heavy atom. The number of amides is 1. The maximum Gasteiger partial charge on any atom is 0.435 e. The third kappa shape index (κ3) is 5.44. The molecule has 1 saturated heterocycles. The van der Waals surface area contributed by atoms with Crippen molar-refractivity contribution in [3.63, 3.8) is 0 Å². The van der Waals surface area contributed by atoms with Crippen LogP contribution in [-0.2, 0) is 17.5 Å². The molecule has 1 aliphatic rings. The Morgan fingerprint density at radius 3 is 2.36 bits per heavy atom. The largest absolute Gasteiger partial charge is 0.435 e. The number of carbonyl (C=O) groups excluding carboxylic acids is 1. The molecule has 0 atom stereocenters. The van der Waals surface area contributed by atoms with Gasteiger partial charge in [0.2, 0.25) is 5.91 Å². The molecule has 1 aromatic carbocycles. The molecule has 0 bridgehead atoms. The van der Waals surface area contributed by atoms with Gasteiger partial charge in [0.15, 0.2) is 5.69 Å². The zero-order chi connectivity index (χ0) is 20.1. The summed E-state index contributed by atoms with van der Waals surface area (Å²) in [6, 6.07) is 7.23. The molecule has 0 unspecified atom stereocenters. The van der Waals surface area contributed by atoms with E-state index in [1.54, 1.807) is 12.1 Å². The standard InChI is InChI=1S/C18H21F4N5O/c19-14-1-3-15(4-2-14)26-11-9-25(10-12-26)8-6-23-17(28)13-27-7-5-16(24-27)18(20,21)22/h1-5,7H,6,8-13H2,(H,23,28). The minimum absolute atomic E-state index is 0.256. The SMILES string of the molecule is O=C(Cn1ccc(C(F)(F)F)n1)NCCN1CCN(c2ccc(F)cc2)CC1. The molecule has 0 saturated carbocycles. The number of aromatic nitrogens is 2. The maximum atomic E-state index is 13.0. The van der Waals surface area contributed by atoms with Gasteiger partial charge in [-0.15, -0.1) is 0 Å². The highest BCUT2D eigenvalue weighted by atomic mass is 19.4. The number of hydrogen-bond acceptors (Lipinski definition) is 4. The Kier molecular flexibility index (Phi) is 6.18. The van der Waals surface area contributed by atoms with E-state index in [2.05, 4.69) is 20.2 Å². The summed E-state index contributed by atoms with van der Waals surface area (Å²) in [6.07, 6.45) is -3.38. The first-order chi connectivity index (χ1) is 13.3. The summed E-state index contributed by atoms with van der Waals surface area (Å²) in [7, 11) is 0. The number of hydrogen-bond donors (Lipinski definition) is 1. The van der Waals surface area contributed by atoms with Crippen LogP contribution in [0.2, 0.25) is 0 Å². The highest BCUT2D eigenvalue weighted by Gasteiger charge is 2.33. The maximum absolute atomic E-state index is 13.0. The van der Waals surface area contributed by atoms with Crippen molar-refractivity contribution in [2.45, 2.75) is 12.7 Å². The average molecular weight is 399 g/mol. The molecular formula is C18H21F4N5O. The number of alkyl halides is 3. The first-order valence-electron chi connectivity index (χ1n) is 8.91. The molecule has 0 aliphatic carbocycles. The van der Waals surface area contributed by atoms with E-state index in [9.17, 15) is 22.4 Å². The van der Waals surface area contributed by atoms with Crippen molar-refractivity contribution < 1.29 is 22.4 Å². The van der Waals surface area contributed by atoms with Gasteiger partial charge in [0, 0.05) is 51.2 Å². The Bertz CT molecular complexity index is 782. The molecular weight excluding hydrogens is 378 g/mol. The Labute approximate surface area is 159 Å². The molecule has 1 aromatic heterocycles. The number of halogens is 4. The van der Waals surface area contributed by atoms with Crippen LogP contribution >= 0.6 is 0 Å². The summed E-state index contributed by atoms with van der Waals surface area (Å²) in [5, 5.41) is 6.05. The van der Waals surface area contributed by atoms with Crippen LogP contribution in [0.3, 0.4) is 0 Å². The lowest BCUT2D eigenvalue weighted by atomic mass is 10.2. The summed E-state index contributed by atoms with van der Waals surface area (Å²) >= 11 is 0. The Balaban J connectivity index is 1.36. The quantitative estimate of drug-likeness (QED) is 0.755. The molecule has 1 amide bonds. The van der Waals surface area contributed by atoms with E-state index >= 15 is 0 Å². The van der Waals surface area contributed by atoms with Gasteiger partial charge < -0.3 is 10.2 Å². The van der Waals surface area contributed by atoms with Gasteiger partial charge in [-0.2, -0.15) is 18.3 Å². The second-order valence-electron chi connectivity index (χ2n) is 6.55. The highest BCUT2D eigenvalue weighted by molar-refractivity contribution is 5.75. The number of benzene rings is 1. The highest BCUT2D eigenvalue weighted by Crippen LogP contribution is 2.27. The first kappa shape index (κ1) is 20.1. The minimum Gasteiger partial charge on any atom is -0.369 e. The zero-order valence-electron chi connectivity index (χ0n) is 15.1. The molecule has 10 heteroatoms. The van der Waals surface area contributed by atoms with Crippen molar-refractivity contribution in [1.82, 2.24) is 20.0 Å². The predicted octanol–water partition coefficient (Wildman–Crippen LogP) is 1.98. The van der Waals surface area contributed by atoms with Crippen LogP contribution in [0.4, 0.5) is 23.2 Å². The van der Waals surface area contributed by atoms with Gasteiger partial charge in [0.1, 0.15) is 12.4 Å². The van der Waals surface area contributed by atoms with Crippen molar-refractivity contribution in [3.8, 4) is 0 Å². The van der Waals surface area contributed by atoms with E-state index in [0.29, 0.717) is 13.1 Å². The molecule has 152 valence electrons. The van der Waals surface area contributed by atoms with Crippen LogP contribution in [0.1, 0.15) is 5.69 Å². The second-order valence-corrected chi connectivity index (χ2v) is 6.55. The summed E-state index contributed by atoms with van der Waals surface area (Å²) < 4.78 is 51.5. The van der Waals surface area contributed by atoms with Crippen molar-refractivity contribution in [2.24, 2.45) is 0 Å². The minimum atomic E-state index is -4.52. The smallest absolute Gasteiger partial charge is 0.369 e. The van der Waals surface area contributed by atoms with Gasteiger partial charge in [0.25, 0.3) is 0 Å². The fraction of sp³-hybridized carbons (Fsp3) is 0.444. The Morgan fingerprint density at radius 2 is 1.75 bits per heavy atom. The fourth-order valence-electron chi connectivity index (χ4n) is 3.04. The molecule has 6 nitrogen and oxygen atoms in total. The number of nitrogens with one attached hydrogen (secondary N) is 1. The normalized spacial score (nSPS) is 15.6. The first-order valence-corrected chi connectivity index (χ1v) is 8.91. The van der Waals surface area contributed by atoms with Gasteiger partial charge in [-0.1, -0.05) is 0 Å². The molecule has 0 spiro atoms. The molecule has 28 heavy (non-hydrogen) atoms. The van der Waals surface area contributed by atoms with Gasteiger partial charge in [0.05, 0.1) is 0 Å². The van der Waals surface area contributed by atoms with Crippen molar-refractivity contribution >= 4 is 11.6 Å². The van der Waals surface area contributed by atoms with Gasteiger partial charge in [-0.05, 0) is 30.3 Å². The fourth-order valence-corrected chi connectivity index (χ4v) is 3.04. The molecule has 2 aromatic rings. The lowest BCUT2D eigenvalue weighted by Crippen LogP contribution is -2.48. The summed E-state index contributed by atoms with van der Waals surface area (Å²) in [5.74, 6) is -0.648. The van der Waals surface area contributed by atoms with Crippen molar-refractivity contribution in [1.29, 1.82) is 0 Å². The number of rotatable bonds is 6. The molecule has 1 N–H and O–H groups in total. The number of anilines is 1. The van der Waals surface area contributed by atoms with Crippen LogP contribution in [0.5, 0.6) is 0 Å². The van der Waals surface area contributed by atoms with Gasteiger partial charge >= 0.3 is 6.18 Å². The van der Waals surface area contributed by atoms with E-state index < -0.39 is 11.9 Å². The average Bonchev–Trinajstić information content (AvgIpc) is 3.12. The third-order valence-electron chi connectivity index (χ3n) is 4.55. The van der Waals surface area contributed by atoms with Crippen LogP contribution in [-0.4, -0.2) is 59.9 Å².